The van der Waals surface area contributed by atoms with Gasteiger partial charge in [-0.3, -0.25) is 0 Å². The van der Waals surface area contributed by atoms with E-state index in [0.29, 0.717) is 12.8 Å². The Bertz CT molecular complexity index is 1160. The van der Waals surface area contributed by atoms with E-state index in [1.54, 1.807) is 19.1 Å². The molecule has 10 heteroatoms. The van der Waals surface area contributed by atoms with Gasteiger partial charge < -0.3 is 4.74 Å². The van der Waals surface area contributed by atoms with Crippen LogP contribution in [-0.2, 0) is 29.4 Å². The Morgan fingerprint density at radius 1 is 1.00 bits per heavy atom. The summed E-state index contributed by atoms with van der Waals surface area (Å²) in [5.41, 5.74) is 0.851. The number of carbonyl (C=O) groups is 1. The van der Waals surface area contributed by atoms with Crippen molar-refractivity contribution in [2.45, 2.75) is 41.7 Å². The summed E-state index contributed by atoms with van der Waals surface area (Å²) in [6.07, 6.45) is 1.28. The second-order valence-corrected chi connectivity index (χ2v) is 10.7. The van der Waals surface area contributed by atoms with Gasteiger partial charge >= 0.3 is 5.97 Å². The number of sulfone groups is 1. The third-order valence-corrected chi connectivity index (χ3v) is 8.00. The van der Waals surface area contributed by atoms with E-state index in [1.807, 2.05) is 11.8 Å². The van der Waals surface area contributed by atoms with E-state index < -0.39 is 25.8 Å². The number of nitrogens with one attached hydrogen (secondary N) is 1. The van der Waals surface area contributed by atoms with Crippen LogP contribution in [0, 0.1) is 6.92 Å². The number of carbonyl (C=O) groups excluding carboxylic acids is 1. The molecule has 0 unspecified atom stereocenters. The number of hydrazone groups is 1. The van der Waals surface area contributed by atoms with Crippen LogP contribution >= 0.6 is 0 Å². The molecule has 3 rings (SSSR count). The van der Waals surface area contributed by atoms with Crippen molar-refractivity contribution in [2.75, 3.05) is 6.61 Å². The van der Waals surface area contributed by atoms with Gasteiger partial charge in [-0.05, 0) is 51.0 Å². The maximum absolute atomic E-state index is 12.5. The molecule has 0 saturated heterocycles. The first-order valence-electron chi connectivity index (χ1n) is 9.33. The van der Waals surface area contributed by atoms with Crippen LogP contribution < -0.4 is 4.83 Å². The molecule has 30 heavy (non-hydrogen) atoms. The van der Waals surface area contributed by atoms with Gasteiger partial charge in [0, 0.05) is 5.56 Å². The lowest BCUT2D eigenvalue weighted by atomic mass is 10.1. The molecule has 1 aliphatic carbocycles. The number of aryl methyl sites for hydroxylation is 1. The van der Waals surface area contributed by atoms with Crippen molar-refractivity contribution >= 4 is 31.5 Å². The van der Waals surface area contributed by atoms with E-state index in [1.165, 1.54) is 36.4 Å². The standard InChI is InChI=1S/C20H22N2O6S2/c1-3-28-20(23)19(21-22-30(26,27)18-8-4-14(2)5-9-18)15-6-10-16(11-7-15)29(24,25)17-12-13-17/h4-11,17,22H,3,12-13H2,1-2H3/b21-19+. The second-order valence-electron chi connectivity index (χ2n) is 6.86. The number of benzene rings is 2. The molecule has 1 aliphatic rings. The summed E-state index contributed by atoms with van der Waals surface area (Å²) in [5, 5.41) is 3.42. The molecular weight excluding hydrogens is 428 g/mol. The molecule has 0 bridgehead atoms. The zero-order valence-electron chi connectivity index (χ0n) is 16.5. The van der Waals surface area contributed by atoms with Crippen molar-refractivity contribution in [1.82, 2.24) is 4.83 Å². The number of hydrogen-bond donors (Lipinski definition) is 1. The molecule has 0 aliphatic heterocycles. The number of ether oxygens (including phenoxy) is 1. The van der Waals surface area contributed by atoms with Crippen LogP contribution in [0.5, 0.6) is 0 Å². The Balaban J connectivity index is 1.91. The lowest BCUT2D eigenvalue weighted by molar-refractivity contribution is -0.134. The number of nitrogens with zero attached hydrogens (tertiary/aromatic N) is 1. The van der Waals surface area contributed by atoms with E-state index in [4.69, 9.17) is 4.74 Å². The predicted molar refractivity (Wildman–Crippen MR) is 111 cm³/mol. The average molecular weight is 451 g/mol. The largest absolute Gasteiger partial charge is 0.461 e. The van der Waals surface area contributed by atoms with Crippen LogP contribution in [0.25, 0.3) is 0 Å². The summed E-state index contributed by atoms with van der Waals surface area (Å²) < 4.78 is 54.6. The molecule has 1 fully saturated rings. The molecule has 2 aromatic rings. The summed E-state index contributed by atoms with van der Waals surface area (Å²) in [6, 6.07) is 11.7. The maximum Gasteiger partial charge on any atom is 0.359 e. The zero-order chi connectivity index (χ0) is 21.9. The first-order valence-corrected chi connectivity index (χ1v) is 12.4. The van der Waals surface area contributed by atoms with E-state index in [-0.39, 0.29) is 32.9 Å². The third-order valence-electron chi connectivity index (χ3n) is 4.50. The third kappa shape index (κ3) is 4.88. The van der Waals surface area contributed by atoms with Gasteiger partial charge in [-0.25, -0.2) is 13.2 Å². The van der Waals surface area contributed by atoms with Gasteiger partial charge in [-0.15, -0.1) is 0 Å². The van der Waals surface area contributed by atoms with Gasteiger partial charge in [0.25, 0.3) is 10.0 Å². The van der Waals surface area contributed by atoms with Crippen LogP contribution in [0.4, 0.5) is 0 Å². The first kappa shape index (κ1) is 22.0. The monoisotopic (exact) mass is 450 g/mol. The van der Waals surface area contributed by atoms with E-state index in [9.17, 15) is 21.6 Å². The molecule has 0 radical (unpaired) electrons. The van der Waals surface area contributed by atoms with Crippen molar-refractivity contribution in [3.63, 3.8) is 0 Å². The molecule has 2 aromatic carbocycles. The summed E-state index contributed by atoms with van der Waals surface area (Å²) in [7, 11) is -7.39. The molecule has 160 valence electrons. The number of esters is 1. The van der Waals surface area contributed by atoms with Gasteiger partial charge in [-0.1, -0.05) is 29.8 Å². The molecule has 0 heterocycles. The summed E-state index contributed by atoms with van der Waals surface area (Å²) >= 11 is 0. The fraction of sp³-hybridized carbons (Fsp3) is 0.300. The number of rotatable bonds is 8. The van der Waals surface area contributed by atoms with E-state index >= 15 is 0 Å². The summed E-state index contributed by atoms with van der Waals surface area (Å²) in [4.78, 5) is 14.5. The van der Waals surface area contributed by atoms with Gasteiger partial charge in [0.2, 0.25) is 0 Å². The topological polar surface area (TPSA) is 119 Å². The SMILES string of the molecule is CCOC(=O)/C(=N/NS(=O)(=O)c1ccc(C)cc1)c1ccc(S(=O)(=O)C2CC2)cc1. The molecule has 1 N–H and O–H groups in total. The summed E-state index contributed by atoms with van der Waals surface area (Å²) in [5.74, 6) is -0.832. The van der Waals surface area contributed by atoms with Gasteiger partial charge in [0.05, 0.1) is 21.6 Å². The van der Waals surface area contributed by atoms with Gasteiger partial charge in [0.15, 0.2) is 15.5 Å². The minimum Gasteiger partial charge on any atom is -0.461 e. The lowest BCUT2D eigenvalue weighted by Crippen LogP contribution is -2.26. The number of hydrogen-bond acceptors (Lipinski definition) is 7. The quantitative estimate of drug-likeness (QED) is 0.374. The second kappa shape index (κ2) is 8.57. The van der Waals surface area contributed by atoms with Crippen LogP contribution in [0.15, 0.2) is 63.4 Å². The Hall–Kier alpha value is -2.72. The molecular formula is C20H22N2O6S2. The van der Waals surface area contributed by atoms with Crippen molar-refractivity contribution < 1.29 is 26.4 Å². The Morgan fingerprint density at radius 2 is 1.57 bits per heavy atom. The molecule has 0 spiro atoms. The van der Waals surface area contributed by atoms with Crippen molar-refractivity contribution in [3.8, 4) is 0 Å². The maximum atomic E-state index is 12.5. The Kier molecular flexibility index (Phi) is 6.27. The highest BCUT2D eigenvalue weighted by Crippen LogP contribution is 2.33. The minimum absolute atomic E-state index is 0.00839. The predicted octanol–water partition coefficient (Wildman–Crippen LogP) is 2.18. The van der Waals surface area contributed by atoms with Crippen LogP contribution in [0.2, 0.25) is 0 Å². The average Bonchev–Trinajstić information content (AvgIpc) is 3.55. The molecule has 1 saturated carbocycles. The highest BCUT2D eigenvalue weighted by atomic mass is 32.2. The van der Waals surface area contributed by atoms with Crippen molar-refractivity contribution in [3.05, 3.63) is 59.7 Å². The summed E-state index contributed by atoms with van der Waals surface area (Å²) in [6.45, 7) is 3.50. The van der Waals surface area contributed by atoms with Crippen LogP contribution in [-0.4, -0.2) is 40.4 Å². The van der Waals surface area contributed by atoms with Crippen LogP contribution in [0.1, 0.15) is 30.9 Å². The van der Waals surface area contributed by atoms with Gasteiger partial charge in [0.1, 0.15) is 0 Å². The first-order chi connectivity index (χ1) is 14.1. The smallest absolute Gasteiger partial charge is 0.359 e. The van der Waals surface area contributed by atoms with Crippen molar-refractivity contribution in [1.29, 1.82) is 0 Å². The van der Waals surface area contributed by atoms with Crippen molar-refractivity contribution in [2.24, 2.45) is 5.10 Å². The van der Waals surface area contributed by atoms with E-state index in [0.717, 1.165) is 5.56 Å². The fourth-order valence-electron chi connectivity index (χ4n) is 2.68. The lowest BCUT2D eigenvalue weighted by Gasteiger charge is -2.09. The normalized spacial score (nSPS) is 14.9. The Labute approximate surface area is 175 Å². The van der Waals surface area contributed by atoms with Gasteiger partial charge in [-0.2, -0.15) is 18.4 Å². The molecule has 0 aromatic heterocycles. The zero-order valence-corrected chi connectivity index (χ0v) is 18.2. The van der Waals surface area contributed by atoms with Crippen LogP contribution in [0.3, 0.4) is 0 Å². The highest BCUT2D eigenvalue weighted by Gasteiger charge is 2.36. The molecule has 8 nitrogen and oxygen atoms in total. The number of sulfonamides is 1. The molecule has 0 amide bonds. The Morgan fingerprint density at radius 3 is 2.10 bits per heavy atom. The fourth-order valence-corrected chi connectivity index (χ4v) is 5.14. The minimum atomic E-state index is -4.00. The van der Waals surface area contributed by atoms with E-state index in [2.05, 4.69) is 5.10 Å². The highest BCUT2D eigenvalue weighted by molar-refractivity contribution is 7.92. The molecule has 0 atom stereocenters.